The predicted octanol–water partition coefficient (Wildman–Crippen LogP) is 2.64. The van der Waals surface area contributed by atoms with E-state index in [0.717, 1.165) is 23.1 Å². The molecule has 0 radical (unpaired) electrons. The second kappa shape index (κ2) is 8.98. The van der Waals surface area contributed by atoms with Gasteiger partial charge in [-0.3, -0.25) is 9.59 Å². The van der Waals surface area contributed by atoms with E-state index in [9.17, 15) is 18.4 Å². The SMILES string of the molecule is COc1cc(CN(CC(=O)O)C(=O)Cc2cc(F)ccc2F)cc(OC)c1. The summed E-state index contributed by atoms with van der Waals surface area (Å²) in [6.07, 6.45) is -0.460. The lowest BCUT2D eigenvalue weighted by Gasteiger charge is -2.22. The van der Waals surface area contributed by atoms with Crippen LogP contribution in [0.3, 0.4) is 0 Å². The highest BCUT2D eigenvalue weighted by Gasteiger charge is 2.20. The zero-order chi connectivity index (χ0) is 20.0. The van der Waals surface area contributed by atoms with Crippen molar-refractivity contribution in [3.05, 3.63) is 59.2 Å². The van der Waals surface area contributed by atoms with Gasteiger partial charge >= 0.3 is 5.97 Å². The third kappa shape index (κ3) is 5.67. The summed E-state index contributed by atoms with van der Waals surface area (Å²) in [6.45, 7) is -0.648. The monoisotopic (exact) mass is 379 g/mol. The number of methoxy groups -OCH3 is 2. The molecule has 0 saturated carbocycles. The van der Waals surface area contributed by atoms with Gasteiger partial charge in [0, 0.05) is 18.2 Å². The van der Waals surface area contributed by atoms with Crippen molar-refractivity contribution >= 4 is 11.9 Å². The first-order valence-electron chi connectivity index (χ1n) is 7.97. The molecule has 0 spiro atoms. The zero-order valence-corrected chi connectivity index (χ0v) is 14.9. The van der Waals surface area contributed by atoms with E-state index >= 15 is 0 Å². The fraction of sp³-hybridized carbons (Fsp3) is 0.263. The van der Waals surface area contributed by atoms with Crippen molar-refractivity contribution in [2.45, 2.75) is 13.0 Å². The maximum Gasteiger partial charge on any atom is 0.323 e. The van der Waals surface area contributed by atoms with Crippen LogP contribution in [0.25, 0.3) is 0 Å². The topological polar surface area (TPSA) is 76.1 Å². The molecule has 0 heterocycles. The number of hydrogen-bond acceptors (Lipinski definition) is 4. The largest absolute Gasteiger partial charge is 0.497 e. The molecule has 0 aliphatic heterocycles. The Kier molecular flexibility index (Phi) is 6.70. The Morgan fingerprint density at radius 3 is 2.22 bits per heavy atom. The lowest BCUT2D eigenvalue weighted by molar-refractivity contribution is -0.144. The molecule has 0 atom stereocenters. The molecule has 144 valence electrons. The molecule has 2 rings (SSSR count). The van der Waals surface area contributed by atoms with Crippen LogP contribution in [0.5, 0.6) is 11.5 Å². The van der Waals surface area contributed by atoms with Crippen LogP contribution < -0.4 is 9.47 Å². The fourth-order valence-electron chi connectivity index (χ4n) is 2.53. The number of ether oxygens (including phenoxy) is 2. The lowest BCUT2D eigenvalue weighted by Crippen LogP contribution is -2.36. The number of rotatable bonds is 8. The lowest BCUT2D eigenvalue weighted by atomic mass is 10.1. The molecule has 0 fully saturated rings. The van der Waals surface area contributed by atoms with E-state index in [2.05, 4.69) is 0 Å². The Bertz CT molecular complexity index is 819. The van der Waals surface area contributed by atoms with Gasteiger partial charge in [-0.25, -0.2) is 8.78 Å². The first-order valence-corrected chi connectivity index (χ1v) is 7.97. The summed E-state index contributed by atoms with van der Waals surface area (Å²) in [6, 6.07) is 7.68. The van der Waals surface area contributed by atoms with Crippen LogP contribution in [0.2, 0.25) is 0 Å². The van der Waals surface area contributed by atoms with E-state index < -0.39 is 36.5 Å². The minimum atomic E-state index is -1.22. The van der Waals surface area contributed by atoms with Gasteiger partial charge < -0.3 is 19.5 Å². The maximum absolute atomic E-state index is 13.8. The normalized spacial score (nSPS) is 10.4. The number of hydrogen-bond donors (Lipinski definition) is 1. The summed E-state index contributed by atoms with van der Waals surface area (Å²) in [5, 5.41) is 9.10. The number of carboxylic acid groups (broad SMARTS) is 1. The number of carboxylic acids is 1. The third-order valence-corrected chi connectivity index (χ3v) is 3.81. The van der Waals surface area contributed by atoms with Crippen molar-refractivity contribution in [3.63, 3.8) is 0 Å². The van der Waals surface area contributed by atoms with Gasteiger partial charge in [0.05, 0.1) is 20.6 Å². The summed E-state index contributed by atoms with van der Waals surface area (Å²) >= 11 is 0. The van der Waals surface area contributed by atoms with Crippen molar-refractivity contribution in [2.24, 2.45) is 0 Å². The minimum absolute atomic E-state index is 0.0599. The molecule has 27 heavy (non-hydrogen) atoms. The van der Waals surface area contributed by atoms with Gasteiger partial charge in [0.1, 0.15) is 29.7 Å². The van der Waals surface area contributed by atoms with Gasteiger partial charge in [-0.1, -0.05) is 0 Å². The number of benzene rings is 2. The molecule has 0 unspecified atom stereocenters. The van der Waals surface area contributed by atoms with Crippen LogP contribution in [0.15, 0.2) is 36.4 Å². The molecular formula is C19H19F2NO5. The molecule has 2 aromatic carbocycles. The first-order chi connectivity index (χ1) is 12.8. The molecule has 6 nitrogen and oxygen atoms in total. The highest BCUT2D eigenvalue weighted by molar-refractivity contribution is 5.83. The number of nitrogens with zero attached hydrogens (tertiary/aromatic N) is 1. The van der Waals surface area contributed by atoms with Gasteiger partial charge in [-0.2, -0.15) is 0 Å². The van der Waals surface area contributed by atoms with Crippen LogP contribution in [0.4, 0.5) is 8.78 Å². The summed E-state index contributed by atoms with van der Waals surface area (Å²) in [5.74, 6) is -2.34. The molecule has 1 amide bonds. The van der Waals surface area contributed by atoms with Gasteiger partial charge in [-0.05, 0) is 35.9 Å². The number of aliphatic carboxylic acids is 1. The van der Waals surface area contributed by atoms with E-state index in [1.165, 1.54) is 14.2 Å². The van der Waals surface area contributed by atoms with E-state index in [-0.39, 0.29) is 12.1 Å². The number of amides is 1. The first kappa shape index (κ1) is 20.2. The van der Waals surface area contributed by atoms with Crippen LogP contribution in [-0.4, -0.2) is 42.6 Å². The Hall–Kier alpha value is -3.16. The van der Waals surface area contributed by atoms with E-state index in [1.807, 2.05) is 0 Å². The smallest absolute Gasteiger partial charge is 0.323 e. The van der Waals surface area contributed by atoms with Gasteiger partial charge in [0.2, 0.25) is 5.91 Å². The standard InChI is InChI=1S/C19H19F2NO5/c1-26-15-5-12(6-16(9-15)27-2)10-22(11-19(24)25)18(23)8-13-7-14(20)3-4-17(13)21/h3-7,9H,8,10-11H2,1-2H3,(H,24,25). The molecule has 0 aliphatic carbocycles. The highest BCUT2D eigenvalue weighted by Crippen LogP contribution is 2.24. The molecule has 0 bridgehead atoms. The molecule has 1 N–H and O–H groups in total. The average Bonchev–Trinajstić information content (AvgIpc) is 2.63. The molecular weight excluding hydrogens is 360 g/mol. The fourth-order valence-corrected chi connectivity index (χ4v) is 2.53. The van der Waals surface area contributed by atoms with Crippen LogP contribution in [0.1, 0.15) is 11.1 Å². The summed E-state index contributed by atoms with van der Waals surface area (Å²) in [7, 11) is 2.93. The summed E-state index contributed by atoms with van der Waals surface area (Å²) < 4.78 is 37.4. The average molecular weight is 379 g/mol. The van der Waals surface area contributed by atoms with Crippen LogP contribution in [0, 0.1) is 11.6 Å². The second-order valence-electron chi connectivity index (χ2n) is 5.78. The molecule has 0 saturated heterocycles. The van der Waals surface area contributed by atoms with Crippen molar-refractivity contribution in [3.8, 4) is 11.5 Å². The second-order valence-corrected chi connectivity index (χ2v) is 5.78. The quantitative estimate of drug-likeness (QED) is 0.763. The van der Waals surface area contributed by atoms with Crippen molar-refractivity contribution in [2.75, 3.05) is 20.8 Å². The van der Waals surface area contributed by atoms with Gasteiger partial charge in [-0.15, -0.1) is 0 Å². The van der Waals surface area contributed by atoms with E-state index in [4.69, 9.17) is 14.6 Å². The van der Waals surface area contributed by atoms with E-state index in [1.54, 1.807) is 18.2 Å². The predicted molar refractivity (Wildman–Crippen MR) is 92.7 cm³/mol. The zero-order valence-electron chi connectivity index (χ0n) is 14.9. The molecule has 2 aromatic rings. The third-order valence-electron chi connectivity index (χ3n) is 3.81. The van der Waals surface area contributed by atoms with Crippen molar-refractivity contribution in [1.82, 2.24) is 4.90 Å². The van der Waals surface area contributed by atoms with Crippen molar-refractivity contribution < 1.29 is 33.0 Å². The van der Waals surface area contributed by atoms with Crippen LogP contribution in [-0.2, 0) is 22.6 Å². The molecule has 8 heteroatoms. The Balaban J connectivity index is 2.25. The summed E-state index contributed by atoms with van der Waals surface area (Å²) in [5.41, 5.74) is 0.430. The van der Waals surface area contributed by atoms with Crippen molar-refractivity contribution in [1.29, 1.82) is 0 Å². The Labute approximate surface area is 154 Å². The molecule has 0 aliphatic rings. The van der Waals surface area contributed by atoms with Crippen LogP contribution >= 0.6 is 0 Å². The van der Waals surface area contributed by atoms with Gasteiger partial charge in [0.25, 0.3) is 0 Å². The van der Waals surface area contributed by atoms with E-state index in [0.29, 0.717) is 17.1 Å². The summed E-state index contributed by atoms with van der Waals surface area (Å²) in [4.78, 5) is 24.7. The number of halogens is 2. The molecule has 0 aromatic heterocycles. The Morgan fingerprint density at radius 1 is 1.04 bits per heavy atom. The highest BCUT2D eigenvalue weighted by atomic mass is 19.1. The van der Waals surface area contributed by atoms with Gasteiger partial charge in [0.15, 0.2) is 0 Å². The maximum atomic E-state index is 13.8. The minimum Gasteiger partial charge on any atom is -0.497 e. The number of carbonyl (C=O) groups is 2. The Morgan fingerprint density at radius 2 is 1.67 bits per heavy atom. The number of carbonyl (C=O) groups excluding carboxylic acids is 1.